The minimum absolute atomic E-state index is 0.0672. The molecule has 4 nitrogen and oxygen atoms in total. The minimum Gasteiger partial charge on any atom is -0.479 e. The molecule has 1 heterocycles. The number of nitrogens with zero attached hydrogens (tertiary/aromatic N) is 2. The number of hydrogen-bond donors (Lipinski definition) is 1. The highest BCUT2D eigenvalue weighted by molar-refractivity contribution is 9.10. The number of nitriles is 1. The zero-order valence-electron chi connectivity index (χ0n) is 11.0. The van der Waals surface area contributed by atoms with Crippen LogP contribution < -0.4 is 10.1 Å². The van der Waals surface area contributed by atoms with Crippen molar-refractivity contribution in [3.63, 3.8) is 0 Å². The average molecular weight is 332 g/mol. The number of nitrogens with one attached hydrogen (secondary N) is 1. The minimum atomic E-state index is 0.0672. The van der Waals surface area contributed by atoms with E-state index in [0.717, 1.165) is 15.9 Å². The Balaban J connectivity index is 2.00. The first kappa shape index (κ1) is 14.4. The number of anilines is 1. The molecule has 0 fully saturated rings. The van der Waals surface area contributed by atoms with Crippen molar-refractivity contribution in [3.05, 3.63) is 52.8 Å². The summed E-state index contributed by atoms with van der Waals surface area (Å²) >= 11 is 3.31. The lowest BCUT2D eigenvalue weighted by molar-refractivity contribution is 0.368. The van der Waals surface area contributed by atoms with Crippen LogP contribution in [-0.2, 0) is 0 Å². The van der Waals surface area contributed by atoms with Gasteiger partial charge in [-0.3, -0.25) is 0 Å². The highest BCUT2D eigenvalue weighted by Gasteiger charge is 2.05. The molecule has 2 aromatic rings. The summed E-state index contributed by atoms with van der Waals surface area (Å²) < 4.78 is 6.04. The van der Waals surface area contributed by atoms with Gasteiger partial charge in [-0.1, -0.05) is 12.1 Å². The first-order valence-corrected chi connectivity index (χ1v) is 6.96. The summed E-state index contributed by atoms with van der Waals surface area (Å²) in [4.78, 5) is 4.18. The highest BCUT2D eigenvalue weighted by atomic mass is 79.9. The number of halogens is 1. The van der Waals surface area contributed by atoms with E-state index in [2.05, 4.69) is 33.2 Å². The van der Waals surface area contributed by atoms with Gasteiger partial charge in [0.1, 0.15) is 16.4 Å². The van der Waals surface area contributed by atoms with E-state index in [4.69, 9.17) is 10.00 Å². The maximum Gasteiger partial charge on any atom is 0.174 e. The molecule has 0 saturated heterocycles. The number of aromatic nitrogens is 1. The Morgan fingerprint density at radius 3 is 2.65 bits per heavy atom. The molecule has 0 radical (unpaired) electrons. The lowest BCUT2D eigenvalue weighted by atomic mass is 10.1. The van der Waals surface area contributed by atoms with E-state index in [-0.39, 0.29) is 12.6 Å². The van der Waals surface area contributed by atoms with Gasteiger partial charge in [0, 0.05) is 6.04 Å². The second-order valence-electron chi connectivity index (χ2n) is 4.25. The maximum atomic E-state index is 8.46. The predicted molar refractivity (Wildman–Crippen MR) is 81.5 cm³/mol. The number of rotatable bonds is 5. The molecule has 0 aliphatic carbocycles. The predicted octanol–water partition coefficient (Wildman–Crippen LogP) is 3.92. The van der Waals surface area contributed by atoms with Crippen LogP contribution in [-0.4, -0.2) is 11.6 Å². The molecule has 0 aliphatic rings. The summed E-state index contributed by atoms with van der Waals surface area (Å²) in [7, 11) is 0. The summed E-state index contributed by atoms with van der Waals surface area (Å²) in [5.41, 5.74) is 2.10. The van der Waals surface area contributed by atoms with Crippen LogP contribution in [0, 0.1) is 11.3 Å². The average Bonchev–Trinajstić information content (AvgIpc) is 2.48. The molecule has 102 valence electrons. The van der Waals surface area contributed by atoms with Crippen molar-refractivity contribution in [3.8, 4) is 11.8 Å². The quantitative estimate of drug-likeness (QED) is 0.843. The maximum absolute atomic E-state index is 8.46. The fraction of sp³-hybridized carbons (Fsp3) is 0.200. The molecule has 1 aromatic heterocycles. The largest absolute Gasteiger partial charge is 0.479 e. The van der Waals surface area contributed by atoms with Crippen LogP contribution in [0.25, 0.3) is 0 Å². The lowest BCUT2D eigenvalue weighted by Gasteiger charge is -2.15. The number of pyridine rings is 1. The van der Waals surface area contributed by atoms with Gasteiger partial charge in [-0.25, -0.2) is 4.98 Å². The van der Waals surface area contributed by atoms with E-state index < -0.39 is 0 Å². The van der Waals surface area contributed by atoms with Crippen LogP contribution in [0.1, 0.15) is 18.5 Å². The third-order valence-corrected chi connectivity index (χ3v) is 3.26. The van der Waals surface area contributed by atoms with E-state index in [1.807, 2.05) is 42.5 Å². The molecule has 1 atom stereocenters. The molecule has 5 heteroatoms. The van der Waals surface area contributed by atoms with E-state index in [1.54, 1.807) is 6.20 Å². The normalized spacial score (nSPS) is 11.4. The zero-order chi connectivity index (χ0) is 14.4. The second-order valence-corrected chi connectivity index (χ2v) is 5.06. The van der Waals surface area contributed by atoms with E-state index >= 15 is 0 Å². The van der Waals surface area contributed by atoms with Gasteiger partial charge in [0.05, 0.1) is 11.9 Å². The van der Waals surface area contributed by atoms with Crippen LogP contribution in [0.4, 0.5) is 5.69 Å². The van der Waals surface area contributed by atoms with Gasteiger partial charge in [0.2, 0.25) is 0 Å². The SMILES string of the molecule is CC(Nc1ccc(Br)nc1)c1ccc(OCC#N)cc1. The molecule has 20 heavy (non-hydrogen) atoms. The molecule has 1 aromatic carbocycles. The standard InChI is InChI=1S/C15H14BrN3O/c1-11(19-13-4-7-15(16)18-10-13)12-2-5-14(6-3-12)20-9-8-17/h2-7,10-11,19H,9H2,1H3. The first-order chi connectivity index (χ1) is 9.69. The Morgan fingerprint density at radius 2 is 2.05 bits per heavy atom. The van der Waals surface area contributed by atoms with E-state index in [1.165, 1.54) is 0 Å². The Labute approximate surface area is 126 Å². The van der Waals surface area contributed by atoms with E-state index in [0.29, 0.717) is 5.75 Å². The third kappa shape index (κ3) is 3.97. The second kappa shape index (κ2) is 6.92. The molecule has 0 saturated carbocycles. The van der Waals surface area contributed by atoms with E-state index in [9.17, 15) is 0 Å². The summed E-state index contributed by atoms with van der Waals surface area (Å²) in [5.74, 6) is 0.702. The Morgan fingerprint density at radius 1 is 1.30 bits per heavy atom. The number of ether oxygens (including phenoxy) is 1. The van der Waals surface area contributed by atoms with Crippen LogP contribution >= 0.6 is 15.9 Å². The molecule has 0 bridgehead atoms. The highest BCUT2D eigenvalue weighted by Crippen LogP contribution is 2.21. The first-order valence-electron chi connectivity index (χ1n) is 6.17. The molecule has 1 unspecified atom stereocenters. The van der Waals surface area contributed by atoms with Crippen LogP contribution in [0.15, 0.2) is 47.2 Å². The monoisotopic (exact) mass is 331 g/mol. The third-order valence-electron chi connectivity index (χ3n) is 2.79. The zero-order valence-corrected chi connectivity index (χ0v) is 12.6. The van der Waals surface area contributed by atoms with Gasteiger partial charge in [0.25, 0.3) is 0 Å². The Hall–Kier alpha value is -2.06. The molecule has 2 rings (SSSR count). The number of benzene rings is 1. The van der Waals surface area contributed by atoms with Crippen LogP contribution in [0.3, 0.4) is 0 Å². The summed E-state index contributed by atoms with van der Waals surface area (Å²) in [6.07, 6.45) is 1.78. The fourth-order valence-electron chi connectivity index (χ4n) is 1.76. The molecular formula is C15H14BrN3O. The summed E-state index contributed by atoms with van der Waals surface area (Å²) in [6.45, 7) is 2.14. The van der Waals surface area contributed by atoms with Crippen molar-refractivity contribution >= 4 is 21.6 Å². The van der Waals surface area contributed by atoms with Gasteiger partial charge in [-0.15, -0.1) is 0 Å². The van der Waals surface area contributed by atoms with Crippen LogP contribution in [0.2, 0.25) is 0 Å². The Bertz CT molecular complexity index is 590. The molecule has 1 N–H and O–H groups in total. The van der Waals surface area contributed by atoms with Crippen molar-refractivity contribution in [2.24, 2.45) is 0 Å². The van der Waals surface area contributed by atoms with Crippen LogP contribution in [0.5, 0.6) is 5.75 Å². The van der Waals surface area contributed by atoms with Gasteiger partial charge >= 0.3 is 0 Å². The Kier molecular flexibility index (Phi) is 4.97. The topological polar surface area (TPSA) is 57.9 Å². The van der Waals surface area contributed by atoms with Crippen molar-refractivity contribution in [1.29, 1.82) is 5.26 Å². The molecule has 0 aliphatic heterocycles. The fourth-order valence-corrected chi connectivity index (χ4v) is 2.00. The van der Waals surface area contributed by atoms with Crippen molar-refractivity contribution in [2.45, 2.75) is 13.0 Å². The van der Waals surface area contributed by atoms with Crippen molar-refractivity contribution in [1.82, 2.24) is 4.98 Å². The van der Waals surface area contributed by atoms with Crippen molar-refractivity contribution in [2.75, 3.05) is 11.9 Å². The van der Waals surface area contributed by atoms with Gasteiger partial charge in [-0.2, -0.15) is 5.26 Å². The molecular weight excluding hydrogens is 318 g/mol. The molecule has 0 spiro atoms. The van der Waals surface area contributed by atoms with Gasteiger partial charge in [0.15, 0.2) is 6.61 Å². The summed E-state index contributed by atoms with van der Waals surface area (Å²) in [5, 5.41) is 11.8. The van der Waals surface area contributed by atoms with Gasteiger partial charge < -0.3 is 10.1 Å². The van der Waals surface area contributed by atoms with Gasteiger partial charge in [-0.05, 0) is 52.7 Å². The van der Waals surface area contributed by atoms with Crippen molar-refractivity contribution < 1.29 is 4.74 Å². The lowest BCUT2D eigenvalue weighted by Crippen LogP contribution is -2.06. The smallest absolute Gasteiger partial charge is 0.174 e. The summed E-state index contributed by atoms with van der Waals surface area (Å²) in [6, 6.07) is 13.7. The molecule has 0 amide bonds. The number of hydrogen-bond acceptors (Lipinski definition) is 4.